The van der Waals surface area contributed by atoms with Crippen LogP contribution >= 0.6 is 0 Å². The summed E-state index contributed by atoms with van der Waals surface area (Å²) in [5, 5.41) is 0. The van der Waals surface area contributed by atoms with Crippen molar-refractivity contribution >= 4 is 5.97 Å². The van der Waals surface area contributed by atoms with Crippen LogP contribution in [0.3, 0.4) is 0 Å². The predicted molar refractivity (Wildman–Crippen MR) is 64.8 cm³/mol. The van der Waals surface area contributed by atoms with E-state index < -0.39 is 0 Å². The summed E-state index contributed by atoms with van der Waals surface area (Å²) in [6, 6.07) is 10.1. The second-order valence-electron chi connectivity index (χ2n) is 4.18. The molecule has 86 valence electrons. The summed E-state index contributed by atoms with van der Waals surface area (Å²) in [4.78, 5) is 11.4. The number of rotatable bonds is 5. The van der Waals surface area contributed by atoms with Gasteiger partial charge in [0.25, 0.3) is 0 Å². The van der Waals surface area contributed by atoms with Gasteiger partial charge in [0.2, 0.25) is 0 Å². The second kappa shape index (κ2) is 6.11. The van der Waals surface area contributed by atoms with E-state index in [1.807, 2.05) is 25.1 Å². The third-order valence-electron chi connectivity index (χ3n) is 2.23. The van der Waals surface area contributed by atoms with Crippen LogP contribution in [0.2, 0.25) is 0 Å². The summed E-state index contributed by atoms with van der Waals surface area (Å²) in [6.07, 6.45) is 1.33. The first kappa shape index (κ1) is 12.5. The van der Waals surface area contributed by atoms with Gasteiger partial charge in [-0.1, -0.05) is 43.8 Å². The van der Waals surface area contributed by atoms with Crippen molar-refractivity contribution < 1.29 is 9.53 Å². The average Bonchev–Trinajstić information content (AvgIpc) is 2.17. The lowest BCUT2D eigenvalue weighted by molar-refractivity contribution is -0.140. The van der Waals surface area contributed by atoms with Crippen LogP contribution < -0.4 is 0 Å². The molecule has 1 unspecified atom stereocenters. The molecular weight excluding hydrogens is 200 g/mol. The highest BCUT2D eigenvalue weighted by molar-refractivity contribution is 5.70. The molecule has 2 nitrogen and oxygen atoms in total. The van der Waals surface area contributed by atoms with Crippen LogP contribution in [0.5, 0.6) is 0 Å². The molecule has 0 aliphatic rings. The fraction of sp³-hybridized carbons (Fsp3) is 0.357. The molecule has 0 radical (unpaired) electrons. The highest BCUT2D eigenvalue weighted by Gasteiger charge is 2.11. The zero-order chi connectivity index (χ0) is 12.0. The molecule has 0 bridgehead atoms. The monoisotopic (exact) mass is 218 g/mol. The summed E-state index contributed by atoms with van der Waals surface area (Å²) in [5.41, 5.74) is 1.25. The molecule has 0 spiro atoms. The van der Waals surface area contributed by atoms with Crippen molar-refractivity contribution in [3.8, 4) is 0 Å². The summed E-state index contributed by atoms with van der Waals surface area (Å²) >= 11 is 0. The first-order valence-electron chi connectivity index (χ1n) is 5.48. The molecule has 1 atom stereocenters. The minimum atomic E-state index is -0.198. The summed E-state index contributed by atoms with van der Waals surface area (Å²) in [6.45, 7) is 7.27. The van der Waals surface area contributed by atoms with Gasteiger partial charge in [-0.3, -0.25) is 4.79 Å². The topological polar surface area (TPSA) is 26.3 Å². The minimum Gasteiger partial charge on any atom is -0.432 e. The first-order chi connectivity index (χ1) is 7.58. The van der Waals surface area contributed by atoms with Gasteiger partial charge in [-0.15, -0.1) is 0 Å². The number of benzene rings is 1. The van der Waals surface area contributed by atoms with Crippen LogP contribution in [0.15, 0.2) is 42.7 Å². The van der Waals surface area contributed by atoms with E-state index in [4.69, 9.17) is 4.74 Å². The maximum Gasteiger partial charge on any atom is 0.311 e. The van der Waals surface area contributed by atoms with E-state index in [1.54, 1.807) is 6.92 Å². The number of allylic oxidation sites excluding steroid dienone is 1. The Morgan fingerprint density at radius 3 is 2.56 bits per heavy atom. The van der Waals surface area contributed by atoms with Crippen LogP contribution in [0.4, 0.5) is 0 Å². The summed E-state index contributed by atoms with van der Waals surface area (Å²) in [5.74, 6) is 0.544. The van der Waals surface area contributed by atoms with Crippen LogP contribution in [0.1, 0.15) is 25.8 Å². The Labute approximate surface area is 96.9 Å². The van der Waals surface area contributed by atoms with E-state index in [-0.39, 0.29) is 11.9 Å². The van der Waals surface area contributed by atoms with E-state index in [1.165, 1.54) is 5.56 Å². The molecule has 0 fully saturated rings. The van der Waals surface area contributed by atoms with Gasteiger partial charge in [-0.25, -0.2) is 0 Å². The largest absolute Gasteiger partial charge is 0.432 e. The van der Waals surface area contributed by atoms with E-state index in [0.29, 0.717) is 12.2 Å². The lowest BCUT2D eigenvalue weighted by Crippen LogP contribution is -2.10. The van der Waals surface area contributed by atoms with Gasteiger partial charge in [0.1, 0.15) is 0 Å². The summed E-state index contributed by atoms with van der Waals surface area (Å²) < 4.78 is 4.93. The van der Waals surface area contributed by atoms with Crippen LogP contribution in [-0.2, 0) is 16.0 Å². The van der Waals surface area contributed by atoms with Gasteiger partial charge in [0.15, 0.2) is 0 Å². The van der Waals surface area contributed by atoms with E-state index >= 15 is 0 Å². The lowest BCUT2D eigenvalue weighted by Gasteiger charge is -2.10. The number of esters is 1. The highest BCUT2D eigenvalue weighted by atomic mass is 16.5. The smallest absolute Gasteiger partial charge is 0.311 e. The molecule has 0 heterocycles. The molecule has 16 heavy (non-hydrogen) atoms. The van der Waals surface area contributed by atoms with Gasteiger partial charge in [-0.05, 0) is 24.8 Å². The Hall–Kier alpha value is -1.57. The van der Waals surface area contributed by atoms with Crippen molar-refractivity contribution in [1.29, 1.82) is 0 Å². The van der Waals surface area contributed by atoms with Crippen molar-refractivity contribution in [3.63, 3.8) is 0 Å². The van der Waals surface area contributed by atoms with Crippen molar-refractivity contribution in [3.05, 3.63) is 48.2 Å². The fourth-order valence-electron chi connectivity index (χ4n) is 1.61. The SMILES string of the molecule is C=C(C)OC(=O)CC(C)Cc1ccccc1. The van der Waals surface area contributed by atoms with E-state index in [9.17, 15) is 4.79 Å². The van der Waals surface area contributed by atoms with Gasteiger partial charge >= 0.3 is 5.97 Å². The number of ether oxygens (including phenoxy) is 1. The average molecular weight is 218 g/mol. The third-order valence-corrected chi connectivity index (χ3v) is 2.23. The molecule has 0 saturated heterocycles. The van der Waals surface area contributed by atoms with Gasteiger partial charge in [0.05, 0.1) is 5.76 Å². The second-order valence-corrected chi connectivity index (χ2v) is 4.18. The molecule has 0 amide bonds. The van der Waals surface area contributed by atoms with Crippen LogP contribution in [0, 0.1) is 5.92 Å². The van der Waals surface area contributed by atoms with Crippen molar-refractivity contribution in [2.45, 2.75) is 26.7 Å². The molecular formula is C14H18O2. The van der Waals surface area contributed by atoms with Crippen molar-refractivity contribution in [2.75, 3.05) is 0 Å². The minimum absolute atomic E-state index is 0.198. The maximum atomic E-state index is 11.4. The van der Waals surface area contributed by atoms with E-state index in [2.05, 4.69) is 18.7 Å². The Balaban J connectivity index is 2.39. The quantitative estimate of drug-likeness (QED) is 0.559. The Morgan fingerprint density at radius 2 is 2.00 bits per heavy atom. The number of hydrogen-bond acceptors (Lipinski definition) is 2. The zero-order valence-electron chi connectivity index (χ0n) is 9.90. The van der Waals surface area contributed by atoms with Crippen LogP contribution in [-0.4, -0.2) is 5.97 Å². The first-order valence-corrected chi connectivity index (χ1v) is 5.48. The predicted octanol–water partition coefficient (Wildman–Crippen LogP) is 3.33. The fourth-order valence-corrected chi connectivity index (χ4v) is 1.61. The normalized spacial score (nSPS) is 11.9. The third kappa shape index (κ3) is 4.78. The molecule has 0 aliphatic heterocycles. The number of carbonyl (C=O) groups excluding carboxylic acids is 1. The highest BCUT2D eigenvalue weighted by Crippen LogP contribution is 2.12. The number of hydrogen-bond donors (Lipinski definition) is 0. The molecule has 0 N–H and O–H groups in total. The molecule has 1 rings (SSSR count). The molecule has 1 aromatic rings. The van der Waals surface area contributed by atoms with Crippen LogP contribution in [0.25, 0.3) is 0 Å². The Bertz CT molecular complexity index is 354. The zero-order valence-corrected chi connectivity index (χ0v) is 9.90. The Morgan fingerprint density at radius 1 is 1.38 bits per heavy atom. The van der Waals surface area contributed by atoms with Gasteiger partial charge < -0.3 is 4.74 Å². The maximum absolute atomic E-state index is 11.4. The van der Waals surface area contributed by atoms with E-state index in [0.717, 1.165) is 6.42 Å². The number of carbonyl (C=O) groups is 1. The summed E-state index contributed by atoms with van der Waals surface area (Å²) in [7, 11) is 0. The standard InChI is InChI=1S/C14H18O2/c1-11(2)16-14(15)10-12(3)9-13-7-5-4-6-8-13/h4-8,12H,1,9-10H2,2-3H3. The van der Waals surface area contributed by atoms with Crippen molar-refractivity contribution in [1.82, 2.24) is 0 Å². The molecule has 0 aliphatic carbocycles. The molecule has 0 aromatic heterocycles. The molecule has 0 saturated carbocycles. The molecule has 2 heteroatoms. The van der Waals surface area contributed by atoms with Crippen molar-refractivity contribution in [2.24, 2.45) is 5.92 Å². The molecule has 1 aromatic carbocycles. The Kier molecular flexibility index (Phi) is 4.77. The van der Waals surface area contributed by atoms with Gasteiger partial charge in [-0.2, -0.15) is 0 Å². The lowest BCUT2D eigenvalue weighted by atomic mass is 9.98. The van der Waals surface area contributed by atoms with Gasteiger partial charge in [0, 0.05) is 6.42 Å².